The lowest BCUT2D eigenvalue weighted by Gasteiger charge is -2.32. The van der Waals surface area contributed by atoms with Gasteiger partial charge >= 0.3 is 7.12 Å². The van der Waals surface area contributed by atoms with Crippen LogP contribution in [0.25, 0.3) is 21.0 Å². The van der Waals surface area contributed by atoms with Crippen molar-refractivity contribution < 1.29 is 9.31 Å². The molecule has 0 amide bonds. The van der Waals surface area contributed by atoms with Crippen LogP contribution in [-0.4, -0.2) is 38.3 Å². The second-order valence-electron chi connectivity index (χ2n) is 6.86. The zero-order chi connectivity index (χ0) is 17.8. The Kier molecular flexibility index (Phi) is 3.84. The minimum Gasteiger partial charge on any atom is -0.397 e. The highest BCUT2D eigenvalue weighted by molar-refractivity contribution is 7.21. The molecule has 3 heterocycles. The molecule has 3 aromatic rings. The van der Waals surface area contributed by atoms with Crippen molar-refractivity contribution in [3.8, 4) is 10.8 Å². The van der Waals surface area contributed by atoms with Crippen molar-refractivity contribution in [2.75, 3.05) is 0 Å². The topological polar surface area (TPSA) is 70.0 Å². The van der Waals surface area contributed by atoms with Crippen LogP contribution in [0.4, 0.5) is 0 Å². The number of thiazole rings is 1. The Morgan fingerprint density at radius 3 is 2.32 bits per heavy atom. The third-order valence-corrected chi connectivity index (χ3v) is 5.78. The number of halogens is 1. The van der Waals surface area contributed by atoms with Gasteiger partial charge in [0.05, 0.1) is 21.4 Å². The standard InChI is InChI=1S/C16H16BClN4O2S/c1-15(2)16(3,4)24-17(23-15)13-20-11(21-14(18)22-13)12-19-9-7-5-6-8-10(9)25-12/h5-8H,1-4H3. The maximum atomic E-state index is 6.12. The summed E-state index contributed by atoms with van der Waals surface area (Å²) in [5.74, 6) is 0.422. The van der Waals surface area contributed by atoms with E-state index < -0.39 is 18.3 Å². The van der Waals surface area contributed by atoms with Gasteiger partial charge in [0.1, 0.15) is 0 Å². The molecule has 0 radical (unpaired) electrons. The molecule has 6 nitrogen and oxygen atoms in total. The highest BCUT2D eigenvalue weighted by atomic mass is 35.5. The van der Waals surface area contributed by atoms with E-state index in [0.29, 0.717) is 16.6 Å². The van der Waals surface area contributed by atoms with Crippen molar-refractivity contribution >= 4 is 46.0 Å². The average molecular weight is 375 g/mol. The van der Waals surface area contributed by atoms with E-state index in [1.807, 2.05) is 52.0 Å². The van der Waals surface area contributed by atoms with Gasteiger partial charge in [-0.3, -0.25) is 0 Å². The van der Waals surface area contributed by atoms with Crippen molar-refractivity contribution in [2.45, 2.75) is 38.9 Å². The lowest BCUT2D eigenvalue weighted by molar-refractivity contribution is 0.00578. The Morgan fingerprint density at radius 1 is 0.960 bits per heavy atom. The Labute approximate surface area is 154 Å². The van der Waals surface area contributed by atoms with Crippen molar-refractivity contribution in [2.24, 2.45) is 0 Å². The first-order chi connectivity index (χ1) is 11.7. The van der Waals surface area contributed by atoms with Crippen LogP contribution in [0.1, 0.15) is 27.7 Å². The maximum Gasteiger partial charge on any atom is 0.534 e. The summed E-state index contributed by atoms with van der Waals surface area (Å²) in [5.41, 5.74) is 0.295. The molecular formula is C16H16BClN4O2S. The molecule has 0 aliphatic carbocycles. The molecule has 9 heteroatoms. The van der Waals surface area contributed by atoms with Crippen molar-refractivity contribution in [3.63, 3.8) is 0 Å². The highest BCUT2D eigenvalue weighted by Crippen LogP contribution is 2.36. The zero-order valence-electron chi connectivity index (χ0n) is 14.3. The molecule has 128 valence electrons. The Bertz CT molecular complexity index is 913. The predicted molar refractivity (Wildman–Crippen MR) is 99.2 cm³/mol. The fourth-order valence-corrected chi connectivity index (χ4v) is 3.55. The molecule has 25 heavy (non-hydrogen) atoms. The summed E-state index contributed by atoms with van der Waals surface area (Å²) < 4.78 is 13.1. The molecule has 1 saturated heterocycles. The van der Waals surface area contributed by atoms with Crippen LogP contribution in [0, 0.1) is 0 Å². The van der Waals surface area contributed by atoms with Crippen LogP contribution in [0.5, 0.6) is 0 Å². The first-order valence-corrected chi connectivity index (χ1v) is 9.08. The molecule has 0 atom stereocenters. The number of hydrogen-bond donors (Lipinski definition) is 0. The van der Waals surface area contributed by atoms with E-state index in [1.54, 1.807) is 0 Å². The minimum atomic E-state index is -0.696. The number of aromatic nitrogens is 4. The van der Waals surface area contributed by atoms with E-state index in [1.165, 1.54) is 11.3 Å². The van der Waals surface area contributed by atoms with Gasteiger partial charge in [0, 0.05) is 0 Å². The van der Waals surface area contributed by atoms with Crippen LogP contribution in [0.15, 0.2) is 24.3 Å². The molecule has 1 aliphatic heterocycles. The number of para-hydroxylation sites is 1. The molecule has 1 aromatic carbocycles. The number of rotatable bonds is 2. The summed E-state index contributed by atoms with van der Waals surface area (Å²) >= 11 is 7.63. The highest BCUT2D eigenvalue weighted by Gasteiger charge is 2.53. The summed E-state index contributed by atoms with van der Waals surface area (Å²) in [7, 11) is -0.696. The second kappa shape index (κ2) is 5.70. The molecule has 0 bridgehead atoms. The third kappa shape index (κ3) is 2.93. The normalized spacial score (nSPS) is 18.8. The summed E-state index contributed by atoms with van der Waals surface area (Å²) in [6.07, 6.45) is 0. The van der Waals surface area contributed by atoms with Gasteiger partial charge in [0.2, 0.25) is 5.28 Å². The van der Waals surface area contributed by atoms with Gasteiger partial charge in [-0.05, 0) is 51.4 Å². The number of hydrogen-bond acceptors (Lipinski definition) is 7. The SMILES string of the molecule is CC1(C)OB(c2nc(Cl)nc(-c3nc4ccccc4s3)n2)OC1(C)C. The Morgan fingerprint density at radius 2 is 1.64 bits per heavy atom. The second-order valence-corrected chi connectivity index (χ2v) is 8.23. The zero-order valence-corrected chi connectivity index (χ0v) is 15.9. The van der Waals surface area contributed by atoms with Crippen molar-refractivity contribution in [3.05, 3.63) is 29.5 Å². The fourth-order valence-electron chi connectivity index (χ4n) is 2.48. The van der Waals surface area contributed by atoms with Crippen LogP contribution in [0.2, 0.25) is 5.28 Å². The van der Waals surface area contributed by atoms with Crippen LogP contribution >= 0.6 is 22.9 Å². The lowest BCUT2D eigenvalue weighted by atomic mass is 9.89. The predicted octanol–water partition coefficient (Wildman–Crippen LogP) is 3.10. The van der Waals surface area contributed by atoms with Gasteiger partial charge in [-0.1, -0.05) is 12.1 Å². The van der Waals surface area contributed by atoms with E-state index in [9.17, 15) is 0 Å². The molecule has 0 spiro atoms. The number of nitrogens with zero attached hydrogens (tertiary/aromatic N) is 4. The average Bonchev–Trinajstić information content (AvgIpc) is 3.05. The largest absolute Gasteiger partial charge is 0.534 e. The van der Waals surface area contributed by atoms with Gasteiger partial charge in [-0.25, -0.2) is 15.0 Å². The van der Waals surface area contributed by atoms with E-state index in [-0.39, 0.29) is 5.28 Å². The van der Waals surface area contributed by atoms with E-state index in [4.69, 9.17) is 20.9 Å². The maximum absolute atomic E-state index is 6.12. The monoisotopic (exact) mass is 374 g/mol. The molecule has 2 aromatic heterocycles. The van der Waals surface area contributed by atoms with Crippen molar-refractivity contribution in [1.82, 2.24) is 19.9 Å². The van der Waals surface area contributed by atoms with Gasteiger partial charge in [-0.15, -0.1) is 11.3 Å². The summed E-state index contributed by atoms with van der Waals surface area (Å²) in [6, 6.07) is 7.88. The molecule has 0 unspecified atom stereocenters. The lowest BCUT2D eigenvalue weighted by Crippen LogP contribution is -2.41. The Balaban J connectivity index is 1.74. The molecule has 0 N–H and O–H groups in total. The summed E-state index contributed by atoms with van der Waals surface area (Å²) in [5, 5.41) is 0.775. The first kappa shape index (κ1) is 16.8. The van der Waals surface area contributed by atoms with Crippen LogP contribution < -0.4 is 5.72 Å². The quantitative estimate of drug-likeness (QED) is 0.642. The smallest absolute Gasteiger partial charge is 0.397 e. The Hall–Kier alpha value is -1.61. The molecule has 0 saturated carbocycles. The summed E-state index contributed by atoms with van der Waals surface area (Å²) in [6.45, 7) is 7.91. The molecule has 4 rings (SSSR count). The minimum absolute atomic E-state index is 0.0916. The van der Waals surface area contributed by atoms with E-state index in [0.717, 1.165) is 10.2 Å². The molecule has 1 fully saturated rings. The third-order valence-electron chi connectivity index (χ3n) is 4.57. The van der Waals surface area contributed by atoms with E-state index in [2.05, 4.69) is 19.9 Å². The summed E-state index contributed by atoms with van der Waals surface area (Å²) in [4.78, 5) is 17.5. The number of benzene rings is 1. The molecular weight excluding hydrogens is 359 g/mol. The van der Waals surface area contributed by atoms with Gasteiger partial charge in [0.25, 0.3) is 0 Å². The van der Waals surface area contributed by atoms with E-state index >= 15 is 0 Å². The molecule has 1 aliphatic rings. The first-order valence-electron chi connectivity index (χ1n) is 7.88. The van der Waals surface area contributed by atoms with Crippen LogP contribution in [0.3, 0.4) is 0 Å². The van der Waals surface area contributed by atoms with Gasteiger partial charge in [-0.2, -0.15) is 4.98 Å². The fraction of sp³-hybridized carbons (Fsp3) is 0.375. The number of fused-ring (bicyclic) bond motifs is 1. The van der Waals surface area contributed by atoms with Crippen molar-refractivity contribution in [1.29, 1.82) is 0 Å². The van der Waals surface area contributed by atoms with Gasteiger partial charge in [0.15, 0.2) is 16.6 Å². The van der Waals surface area contributed by atoms with Crippen LogP contribution in [-0.2, 0) is 9.31 Å². The van der Waals surface area contributed by atoms with Gasteiger partial charge < -0.3 is 9.31 Å².